The van der Waals surface area contributed by atoms with Gasteiger partial charge in [0, 0.05) is 24.3 Å². The van der Waals surface area contributed by atoms with Crippen LogP contribution in [0.3, 0.4) is 0 Å². The summed E-state index contributed by atoms with van der Waals surface area (Å²) in [6.07, 6.45) is 4.38. The van der Waals surface area contributed by atoms with E-state index in [9.17, 15) is 4.79 Å². The van der Waals surface area contributed by atoms with Crippen molar-refractivity contribution in [1.29, 1.82) is 0 Å². The van der Waals surface area contributed by atoms with Crippen LogP contribution in [0.2, 0.25) is 5.02 Å². The number of nitrogens with zero attached hydrogens (tertiary/aromatic N) is 3. The van der Waals surface area contributed by atoms with Gasteiger partial charge in [0.05, 0.1) is 18.7 Å². The van der Waals surface area contributed by atoms with E-state index < -0.39 is 0 Å². The molecule has 0 bridgehead atoms. The van der Waals surface area contributed by atoms with Crippen molar-refractivity contribution in [3.8, 4) is 0 Å². The monoisotopic (exact) mass is 330 g/mol. The van der Waals surface area contributed by atoms with Crippen LogP contribution in [0.5, 0.6) is 0 Å². The number of anilines is 1. The maximum Gasteiger partial charge on any atom is 0.225 e. The molecule has 0 atom stereocenters. The molecule has 0 aliphatic carbocycles. The fourth-order valence-electron chi connectivity index (χ4n) is 2.62. The quantitative estimate of drug-likeness (QED) is 0.915. The number of halogens is 1. The average Bonchev–Trinajstić information content (AvgIpc) is 3.10. The van der Waals surface area contributed by atoms with Crippen LogP contribution in [-0.2, 0) is 17.8 Å². The first-order valence-electron chi connectivity index (χ1n) is 7.79. The predicted octanol–water partition coefficient (Wildman–Crippen LogP) is 2.59. The minimum Gasteiger partial charge on any atom is -0.350 e. The van der Waals surface area contributed by atoms with E-state index in [1.54, 1.807) is 12.3 Å². The Morgan fingerprint density at radius 3 is 2.78 bits per heavy atom. The first-order valence-corrected chi connectivity index (χ1v) is 8.17. The predicted molar refractivity (Wildman–Crippen MR) is 90.5 cm³/mol. The zero-order valence-electron chi connectivity index (χ0n) is 12.8. The molecule has 3 rings (SSSR count). The lowest BCUT2D eigenvalue weighted by Crippen LogP contribution is -2.26. The number of rotatable bonds is 5. The molecular weight excluding hydrogens is 312 g/mol. The van der Waals surface area contributed by atoms with Gasteiger partial charge in [0.1, 0.15) is 0 Å². The molecule has 0 spiro atoms. The van der Waals surface area contributed by atoms with Crippen LogP contribution in [-0.4, -0.2) is 29.0 Å². The van der Waals surface area contributed by atoms with E-state index in [2.05, 4.69) is 20.2 Å². The van der Waals surface area contributed by atoms with E-state index in [1.807, 2.05) is 24.3 Å². The van der Waals surface area contributed by atoms with Gasteiger partial charge in [0.25, 0.3) is 0 Å². The van der Waals surface area contributed by atoms with Crippen molar-refractivity contribution in [3.63, 3.8) is 0 Å². The van der Waals surface area contributed by atoms with Gasteiger partial charge in [0.15, 0.2) is 0 Å². The van der Waals surface area contributed by atoms with Gasteiger partial charge in [-0.25, -0.2) is 9.97 Å². The third-order valence-electron chi connectivity index (χ3n) is 3.86. The van der Waals surface area contributed by atoms with Crippen molar-refractivity contribution in [1.82, 2.24) is 15.3 Å². The van der Waals surface area contributed by atoms with Crippen LogP contribution in [0.4, 0.5) is 5.95 Å². The number of hydrogen-bond donors (Lipinski definition) is 1. The second-order valence-electron chi connectivity index (χ2n) is 5.59. The van der Waals surface area contributed by atoms with Gasteiger partial charge in [-0.15, -0.1) is 0 Å². The van der Waals surface area contributed by atoms with Crippen molar-refractivity contribution in [3.05, 3.63) is 52.8 Å². The van der Waals surface area contributed by atoms with Gasteiger partial charge in [-0.1, -0.05) is 29.8 Å². The normalized spacial score (nSPS) is 14.0. The highest BCUT2D eigenvalue weighted by molar-refractivity contribution is 6.31. The molecule has 6 heteroatoms. The molecule has 2 aromatic rings. The summed E-state index contributed by atoms with van der Waals surface area (Å²) in [4.78, 5) is 23.1. The third kappa shape index (κ3) is 4.20. The van der Waals surface area contributed by atoms with Gasteiger partial charge >= 0.3 is 0 Å². The summed E-state index contributed by atoms with van der Waals surface area (Å²) in [6, 6.07) is 9.20. The SMILES string of the molecule is O=C(Cc1ccccc1Cl)NCc1ccnc(N2CCCC2)n1. The molecule has 5 nitrogen and oxygen atoms in total. The largest absolute Gasteiger partial charge is 0.350 e. The lowest BCUT2D eigenvalue weighted by atomic mass is 10.1. The van der Waals surface area contributed by atoms with Crippen LogP contribution in [0.1, 0.15) is 24.1 Å². The van der Waals surface area contributed by atoms with E-state index in [4.69, 9.17) is 11.6 Å². The maximum atomic E-state index is 12.1. The smallest absolute Gasteiger partial charge is 0.225 e. The Kier molecular flexibility index (Phi) is 5.08. The van der Waals surface area contributed by atoms with E-state index in [0.717, 1.165) is 30.3 Å². The van der Waals surface area contributed by atoms with E-state index in [0.29, 0.717) is 11.6 Å². The van der Waals surface area contributed by atoms with Crippen molar-refractivity contribution >= 4 is 23.5 Å². The third-order valence-corrected chi connectivity index (χ3v) is 4.23. The summed E-state index contributed by atoms with van der Waals surface area (Å²) < 4.78 is 0. The molecule has 1 amide bonds. The Morgan fingerprint density at radius 1 is 1.22 bits per heavy atom. The number of aromatic nitrogens is 2. The summed E-state index contributed by atoms with van der Waals surface area (Å²) in [7, 11) is 0. The number of benzene rings is 1. The Bertz CT molecular complexity index is 686. The molecule has 120 valence electrons. The molecule has 1 aliphatic rings. The summed E-state index contributed by atoms with van der Waals surface area (Å²) in [5.74, 6) is 0.680. The molecular formula is C17H19ClN4O. The molecule has 0 radical (unpaired) electrons. The summed E-state index contributed by atoms with van der Waals surface area (Å²) in [5, 5.41) is 3.50. The van der Waals surface area contributed by atoms with Crippen LogP contribution in [0, 0.1) is 0 Å². The Morgan fingerprint density at radius 2 is 2.00 bits per heavy atom. The summed E-state index contributed by atoms with van der Waals surface area (Å²) in [6.45, 7) is 2.40. The molecule has 0 saturated carbocycles. The molecule has 1 N–H and O–H groups in total. The zero-order chi connectivity index (χ0) is 16.1. The van der Waals surface area contributed by atoms with Crippen LogP contribution in [0.25, 0.3) is 0 Å². The van der Waals surface area contributed by atoms with E-state index >= 15 is 0 Å². The molecule has 1 aromatic heterocycles. The number of carbonyl (C=O) groups excluding carboxylic acids is 1. The molecule has 1 aromatic carbocycles. The maximum absolute atomic E-state index is 12.1. The number of amides is 1. The molecule has 2 heterocycles. The van der Waals surface area contributed by atoms with Crippen LogP contribution >= 0.6 is 11.6 Å². The van der Waals surface area contributed by atoms with Crippen molar-refractivity contribution in [2.45, 2.75) is 25.8 Å². The summed E-state index contributed by atoms with van der Waals surface area (Å²) >= 11 is 6.07. The topological polar surface area (TPSA) is 58.1 Å². The highest BCUT2D eigenvalue weighted by Crippen LogP contribution is 2.16. The number of nitrogens with one attached hydrogen (secondary N) is 1. The Balaban J connectivity index is 1.56. The zero-order valence-corrected chi connectivity index (χ0v) is 13.6. The molecule has 1 aliphatic heterocycles. The first-order chi connectivity index (χ1) is 11.2. The highest BCUT2D eigenvalue weighted by atomic mass is 35.5. The van der Waals surface area contributed by atoms with Gasteiger partial charge in [-0.3, -0.25) is 4.79 Å². The molecule has 1 saturated heterocycles. The van der Waals surface area contributed by atoms with Crippen molar-refractivity contribution in [2.75, 3.05) is 18.0 Å². The van der Waals surface area contributed by atoms with Crippen molar-refractivity contribution in [2.24, 2.45) is 0 Å². The first kappa shape index (κ1) is 15.7. The highest BCUT2D eigenvalue weighted by Gasteiger charge is 2.15. The summed E-state index contributed by atoms with van der Waals surface area (Å²) in [5.41, 5.74) is 1.64. The molecule has 23 heavy (non-hydrogen) atoms. The average molecular weight is 331 g/mol. The minimum atomic E-state index is -0.0700. The number of hydrogen-bond acceptors (Lipinski definition) is 4. The lowest BCUT2D eigenvalue weighted by Gasteiger charge is -2.15. The fraction of sp³-hybridized carbons (Fsp3) is 0.353. The van der Waals surface area contributed by atoms with Gasteiger partial charge in [0.2, 0.25) is 11.9 Å². The van der Waals surface area contributed by atoms with Gasteiger partial charge < -0.3 is 10.2 Å². The minimum absolute atomic E-state index is 0.0700. The molecule has 1 fully saturated rings. The molecule has 0 unspecified atom stereocenters. The lowest BCUT2D eigenvalue weighted by molar-refractivity contribution is -0.120. The van der Waals surface area contributed by atoms with Gasteiger partial charge in [-0.2, -0.15) is 0 Å². The second kappa shape index (κ2) is 7.42. The van der Waals surface area contributed by atoms with Crippen molar-refractivity contribution < 1.29 is 4.79 Å². The van der Waals surface area contributed by atoms with E-state index in [1.165, 1.54) is 12.8 Å². The standard InChI is InChI=1S/C17H19ClN4O/c18-15-6-2-1-5-13(15)11-16(23)20-12-14-7-8-19-17(21-14)22-9-3-4-10-22/h1-2,5-8H,3-4,9-12H2,(H,20,23). The second-order valence-corrected chi connectivity index (χ2v) is 5.99. The number of carbonyl (C=O) groups is 1. The van der Waals surface area contributed by atoms with E-state index in [-0.39, 0.29) is 12.3 Å². The Labute approximate surface area is 140 Å². The Hall–Kier alpha value is -2.14. The van der Waals surface area contributed by atoms with Gasteiger partial charge in [-0.05, 0) is 30.5 Å². The fourth-order valence-corrected chi connectivity index (χ4v) is 2.82. The van der Waals surface area contributed by atoms with Crippen LogP contribution in [0.15, 0.2) is 36.5 Å². The van der Waals surface area contributed by atoms with Crippen LogP contribution < -0.4 is 10.2 Å².